The molecular weight excluding hydrogens is 356 g/mol. The van der Waals surface area contributed by atoms with E-state index < -0.39 is 30.1 Å². The van der Waals surface area contributed by atoms with Gasteiger partial charge in [0.2, 0.25) is 0 Å². The molecule has 2 rings (SSSR count). The highest BCUT2D eigenvalue weighted by Crippen LogP contribution is 2.33. The largest absolute Gasteiger partial charge is 0.504 e. The highest BCUT2D eigenvalue weighted by Gasteiger charge is 2.40. The molecule has 8 nitrogen and oxygen atoms in total. The standard InChI is InChI=1S/C19H24O8/c1-3-12-13(14(18(23)25-2)10-27-19(12)24)9-17(22)26-7-6-11-4-5-15(20)16(21)8-11/h3-5,8,13-14,18,20-21,23H,6-7,9-10H2,1-2H3/b12-3-. The number of benzene rings is 1. The molecular formula is C19H24O8. The second-order valence-corrected chi connectivity index (χ2v) is 6.24. The van der Waals surface area contributed by atoms with Gasteiger partial charge in [-0.25, -0.2) is 4.79 Å². The minimum Gasteiger partial charge on any atom is -0.504 e. The van der Waals surface area contributed by atoms with Crippen molar-refractivity contribution >= 4 is 11.9 Å². The van der Waals surface area contributed by atoms with Crippen LogP contribution in [0.2, 0.25) is 0 Å². The monoisotopic (exact) mass is 380 g/mol. The Bertz CT molecular complexity index is 712. The number of hydrogen-bond donors (Lipinski definition) is 3. The summed E-state index contributed by atoms with van der Waals surface area (Å²) in [6, 6.07) is 4.36. The number of methoxy groups -OCH3 is 1. The van der Waals surface area contributed by atoms with Crippen molar-refractivity contribution in [2.45, 2.75) is 26.1 Å². The van der Waals surface area contributed by atoms with Crippen LogP contribution in [0.4, 0.5) is 0 Å². The lowest BCUT2D eigenvalue weighted by atomic mass is 9.81. The second-order valence-electron chi connectivity index (χ2n) is 6.24. The van der Waals surface area contributed by atoms with Crippen LogP contribution < -0.4 is 0 Å². The maximum absolute atomic E-state index is 12.2. The first-order valence-electron chi connectivity index (χ1n) is 8.58. The molecule has 1 saturated heterocycles. The molecule has 1 fully saturated rings. The van der Waals surface area contributed by atoms with E-state index in [0.717, 1.165) is 0 Å². The summed E-state index contributed by atoms with van der Waals surface area (Å²) >= 11 is 0. The number of ether oxygens (including phenoxy) is 3. The lowest BCUT2D eigenvalue weighted by molar-refractivity contribution is -0.171. The fraction of sp³-hybridized carbons (Fsp3) is 0.474. The van der Waals surface area contributed by atoms with E-state index in [4.69, 9.17) is 14.2 Å². The molecule has 0 radical (unpaired) electrons. The number of esters is 2. The molecule has 1 aromatic carbocycles. The SMILES string of the molecule is C/C=C1\C(=O)OCC(C(O)OC)C1CC(=O)OCCc1ccc(O)c(O)c1. The molecule has 1 aromatic rings. The van der Waals surface area contributed by atoms with Crippen LogP contribution in [0.1, 0.15) is 18.9 Å². The summed E-state index contributed by atoms with van der Waals surface area (Å²) in [6.45, 7) is 1.69. The maximum atomic E-state index is 12.2. The van der Waals surface area contributed by atoms with E-state index in [-0.39, 0.29) is 31.1 Å². The number of rotatable bonds is 7. The summed E-state index contributed by atoms with van der Waals surface area (Å²) in [5, 5.41) is 28.8. The molecule has 1 aliphatic rings. The molecule has 0 aliphatic carbocycles. The molecule has 1 heterocycles. The number of aliphatic hydroxyl groups excluding tert-OH is 1. The number of carbonyl (C=O) groups excluding carboxylic acids is 2. The predicted molar refractivity (Wildman–Crippen MR) is 93.8 cm³/mol. The van der Waals surface area contributed by atoms with Gasteiger partial charge in [0.1, 0.15) is 0 Å². The Hall–Kier alpha value is -2.58. The van der Waals surface area contributed by atoms with Crippen molar-refractivity contribution in [3.05, 3.63) is 35.4 Å². The Morgan fingerprint density at radius 1 is 1.37 bits per heavy atom. The van der Waals surface area contributed by atoms with Crippen molar-refractivity contribution < 1.29 is 39.1 Å². The Balaban J connectivity index is 1.96. The summed E-state index contributed by atoms with van der Waals surface area (Å²) in [5.74, 6) is -2.65. The van der Waals surface area contributed by atoms with E-state index in [0.29, 0.717) is 17.6 Å². The van der Waals surface area contributed by atoms with Crippen LogP contribution in [-0.4, -0.2) is 53.9 Å². The third-order valence-corrected chi connectivity index (χ3v) is 4.56. The van der Waals surface area contributed by atoms with Crippen LogP contribution in [0.5, 0.6) is 11.5 Å². The van der Waals surface area contributed by atoms with Crippen molar-refractivity contribution in [1.29, 1.82) is 0 Å². The van der Waals surface area contributed by atoms with E-state index >= 15 is 0 Å². The number of aromatic hydroxyl groups is 2. The van der Waals surface area contributed by atoms with Gasteiger partial charge in [0, 0.05) is 25.0 Å². The number of carbonyl (C=O) groups is 2. The summed E-state index contributed by atoms with van der Waals surface area (Å²) in [7, 11) is 1.33. The van der Waals surface area contributed by atoms with Gasteiger partial charge in [0.05, 0.1) is 25.6 Å². The second kappa shape index (κ2) is 9.38. The van der Waals surface area contributed by atoms with Crippen molar-refractivity contribution in [3.8, 4) is 11.5 Å². The first-order valence-corrected chi connectivity index (χ1v) is 8.58. The minimum absolute atomic E-state index is 0.0457. The van der Waals surface area contributed by atoms with Crippen LogP contribution in [-0.2, 0) is 30.2 Å². The van der Waals surface area contributed by atoms with Gasteiger partial charge in [-0.3, -0.25) is 4.79 Å². The van der Waals surface area contributed by atoms with Gasteiger partial charge >= 0.3 is 11.9 Å². The van der Waals surface area contributed by atoms with Crippen molar-refractivity contribution in [2.24, 2.45) is 11.8 Å². The zero-order valence-electron chi connectivity index (χ0n) is 15.3. The van der Waals surface area contributed by atoms with E-state index in [1.807, 2.05) is 0 Å². The van der Waals surface area contributed by atoms with Crippen LogP contribution in [0, 0.1) is 11.8 Å². The Kier molecular flexibility index (Phi) is 7.20. The topological polar surface area (TPSA) is 123 Å². The lowest BCUT2D eigenvalue weighted by Gasteiger charge is -2.34. The molecule has 3 atom stereocenters. The maximum Gasteiger partial charge on any atom is 0.333 e. The fourth-order valence-corrected chi connectivity index (χ4v) is 3.05. The van der Waals surface area contributed by atoms with Gasteiger partial charge in [-0.05, 0) is 24.6 Å². The number of hydrogen-bond acceptors (Lipinski definition) is 8. The normalized spacial score (nSPS) is 22.3. The quantitative estimate of drug-likeness (QED) is 0.280. The summed E-state index contributed by atoms with van der Waals surface area (Å²) in [5.41, 5.74) is 1.00. The molecule has 1 aliphatic heterocycles. The Morgan fingerprint density at radius 2 is 2.11 bits per heavy atom. The highest BCUT2D eigenvalue weighted by molar-refractivity contribution is 5.90. The van der Waals surface area contributed by atoms with Crippen LogP contribution >= 0.6 is 0 Å². The molecule has 0 spiro atoms. The molecule has 8 heteroatoms. The number of cyclic esters (lactones) is 1. The highest BCUT2D eigenvalue weighted by atomic mass is 16.6. The first-order chi connectivity index (χ1) is 12.9. The van der Waals surface area contributed by atoms with Gasteiger partial charge in [-0.2, -0.15) is 0 Å². The van der Waals surface area contributed by atoms with Crippen LogP contribution in [0.15, 0.2) is 29.8 Å². The van der Waals surface area contributed by atoms with Gasteiger partial charge in [-0.15, -0.1) is 0 Å². The average Bonchev–Trinajstić information content (AvgIpc) is 2.64. The molecule has 3 N–H and O–H groups in total. The van der Waals surface area contributed by atoms with E-state index in [1.165, 1.54) is 19.2 Å². The first kappa shape index (κ1) is 20.7. The van der Waals surface area contributed by atoms with Crippen molar-refractivity contribution in [2.75, 3.05) is 20.3 Å². The third kappa shape index (κ3) is 5.21. The van der Waals surface area contributed by atoms with Gasteiger partial charge in [0.15, 0.2) is 17.8 Å². The van der Waals surface area contributed by atoms with Gasteiger partial charge in [0.25, 0.3) is 0 Å². The van der Waals surface area contributed by atoms with Gasteiger partial charge < -0.3 is 29.5 Å². The number of aliphatic hydroxyl groups is 1. The molecule has 0 aromatic heterocycles. The third-order valence-electron chi connectivity index (χ3n) is 4.56. The Morgan fingerprint density at radius 3 is 2.74 bits per heavy atom. The summed E-state index contributed by atoms with van der Waals surface area (Å²) in [4.78, 5) is 24.2. The molecule has 3 unspecified atom stereocenters. The smallest absolute Gasteiger partial charge is 0.333 e. The summed E-state index contributed by atoms with van der Waals surface area (Å²) < 4.78 is 15.2. The zero-order chi connectivity index (χ0) is 20.0. The number of phenolic OH excluding ortho intramolecular Hbond substituents is 2. The number of phenols is 2. The van der Waals surface area contributed by atoms with Crippen LogP contribution in [0.25, 0.3) is 0 Å². The van der Waals surface area contributed by atoms with Crippen molar-refractivity contribution in [3.63, 3.8) is 0 Å². The number of allylic oxidation sites excluding steroid dienone is 1. The Labute approximate surface area is 157 Å². The minimum atomic E-state index is -1.18. The molecule has 148 valence electrons. The van der Waals surface area contributed by atoms with E-state index in [2.05, 4.69) is 0 Å². The van der Waals surface area contributed by atoms with Gasteiger partial charge in [-0.1, -0.05) is 12.1 Å². The molecule has 27 heavy (non-hydrogen) atoms. The van der Waals surface area contributed by atoms with E-state index in [9.17, 15) is 24.9 Å². The summed E-state index contributed by atoms with van der Waals surface area (Å²) in [6.07, 6.45) is 0.646. The predicted octanol–water partition coefficient (Wildman–Crippen LogP) is 1.27. The average molecular weight is 380 g/mol. The molecule has 0 saturated carbocycles. The zero-order valence-corrected chi connectivity index (χ0v) is 15.3. The van der Waals surface area contributed by atoms with Crippen molar-refractivity contribution in [1.82, 2.24) is 0 Å². The molecule has 0 amide bonds. The van der Waals surface area contributed by atoms with E-state index in [1.54, 1.807) is 19.1 Å². The fourth-order valence-electron chi connectivity index (χ4n) is 3.05. The lowest BCUT2D eigenvalue weighted by Crippen LogP contribution is -2.42. The van der Waals surface area contributed by atoms with Crippen LogP contribution in [0.3, 0.4) is 0 Å². The molecule has 0 bridgehead atoms.